The van der Waals surface area contributed by atoms with E-state index in [0.717, 1.165) is 27.1 Å². The van der Waals surface area contributed by atoms with Crippen LogP contribution in [0.4, 0.5) is 4.79 Å². The zero-order chi connectivity index (χ0) is 39.9. The Morgan fingerprint density at radius 2 is 1.56 bits per heavy atom. The standard InChI is InChI=1S/C42H57N5O6S/c1-9-13-30-15-17-31(18-16-30)27-42(52,39(50)44-35(29(3)4)37(48)43-24-10-2)23-12-25-47(46-38(49)36(41(5,6)7)45-40(51)53-8)28-32-19-21-33(22-20-32)34-14-11-26-54-34/h9-11,14-22,26,29,35-36,52H,1-2,12-13,23-25,27-28H2,3-8H3,(H,43,48)(H,44,50)(H,45,51)(H,46,49)/p+1/t35-,36+,42+/m0/s1. The molecule has 1 unspecified atom stereocenters. The van der Waals surface area contributed by atoms with Crippen molar-refractivity contribution in [2.45, 2.75) is 84.5 Å². The Kier molecular flexibility index (Phi) is 16.7. The number of quaternary nitrogens is 1. The highest BCUT2D eigenvalue weighted by atomic mass is 32.1. The van der Waals surface area contributed by atoms with Gasteiger partial charge in [-0.2, -0.15) is 0 Å². The van der Waals surface area contributed by atoms with E-state index in [2.05, 4.69) is 40.6 Å². The lowest BCUT2D eigenvalue weighted by molar-refractivity contribution is -0.950. The van der Waals surface area contributed by atoms with Crippen LogP contribution in [0.3, 0.4) is 0 Å². The van der Waals surface area contributed by atoms with Gasteiger partial charge in [-0.1, -0.05) is 101 Å². The number of rotatable bonds is 20. The van der Waals surface area contributed by atoms with Crippen LogP contribution in [0, 0.1) is 11.3 Å². The van der Waals surface area contributed by atoms with Gasteiger partial charge in [0.15, 0.2) is 0 Å². The van der Waals surface area contributed by atoms with Gasteiger partial charge >= 0.3 is 6.09 Å². The maximum absolute atomic E-state index is 14.0. The maximum Gasteiger partial charge on any atom is 0.407 e. The van der Waals surface area contributed by atoms with Gasteiger partial charge in [0.1, 0.15) is 24.2 Å². The fourth-order valence-electron chi connectivity index (χ4n) is 6.04. The zero-order valence-electron chi connectivity index (χ0n) is 32.5. The summed E-state index contributed by atoms with van der Waals surface area (Å²) in [6, 6.07) is 18.0. The average Bonchev–Trinajstić information content (AvgIpc) is 3.67. The zero-order valence-corrected chi connectivity index (χ0v) is 33.3. The molecule has 0 saturated carbocycles. The predicted octanol–water partition coefficient (Wildman–Crippen LogP) is 4.53. The molecule has 12 heteroatoms. The Hall–Kier alpha value is -4.78. The highest BCUT2D eigenvalue weighted by molar-refractivity contribution is 7.13. The Morgan fingerprint density at radius 1 is 0.907 bits per heavy atom. The van der Waals surface area contributed by atoms with Gasteiger partial charge in [0, 0.05) is 29.8 Å². The summed E-state index contributed by atoms with van der Waals surface area (Å²) >= 11 is 1.65. The number of methoxy groups -OCH3 is 1. The average molecular weight is 761 g/mol. The van der Waals surface area contributed by atoms with Crippen molar-refractivity contribution in [1.29, 1.82) is 0 Å². The van der Waals surface area contributed by atoms with Crippen LogP contribution in [0.15, 0.2) is 91.4 Å². The van der Waals surface area contributed by atoms with Crippen molar-refractivity contribution in [3.63, 3.8) is 0 Å². The molecule has 1 heterocycles. The fourth-order valence-corrected chi connectivity index (χ4v) is 6.77. The molecule has 0 aliphatic rings. The molecule has 4 amide bonds. The molecule has 0 bridgehead atoms. The summed E-state index contributed by atoms with van der Waals surface area (Å²) in [6.07, 6.45) is 3.70. The van der Waals surface area contributed by atoms with Crippen LogP contribution in [-0.4, -0.2) is 66.8 Å². The summed E-state index contributed by atoms with van der Waals surface area (Å²) in [5.41, 5.74) is 4.38. The quantitative estimate of drug-likeness (QED) is 0.0737. The van der Waals surface area contributed by atoms with E-state index in [1.165, 1.54) is 7.11 Å². The Morgan fingerprint density at radius 3 is 2.11 bits per heavy atom. The number of hydrogen-bond donors (Lipinski definition) is 6. The van der Waals surface area contributed by atoms with E-state index in [1.807, 2.05) is 101 Å². The van der Waals surface area contributed by atoms with Crippen LogP contribution in [0.25, 0.3) is 10.4 Å². The van der Waals surface area contributed by atoms with Crippen molar-refractivity contribution in [2.24, 2.45) is 11.3 Å². The Bertz CT molecular complexity index is 1690. The number of amides is 4. The lowest BCUT2D eigenvalue weighted by Crippen LogP contribution is -3.18. The van der Waals surface area contributed by atoms with Gasteiger partial charge < -0.3 is 25.8 Å². The van der Waals surface area contributed by atoms with E-state index in [1.54, 1.807) is 17.4 Å². The van der Waals surface area contributed by atoms with Gasteiger partial charge in [-0.05, 0) is 52.3 Å². The van der Waals surface area contributed by atoms with E-state index in [9.17, 15) is 24.3 Å². The van der Waals surface area contributed by atoms with Crippen molar-refractivity contribution in [2.75, 3.05) is 20.2 Å². The first kappa shape index (κ1) is 43.6. The Labute approximate surface area is 324 Å². The summed E-state index contributed by atoms with van der Waals surface area (Å²) < 4.78 is 4.80. The van der Waals surface area contributed by atoms with Crippen LogP contribution in [-0.2, 0) is 38.5 Å². The first-order valence-electron chi connectivity index (χ1n) is 18.3. The van der Waals surface area contributed by atoms with Gasteiger partial charge in [0.05, 0.1) is 13.7 Å². The van der Waals surface area contributed by atoms with Crippen molar-refractivity contribution >= 4 is 35.2 Å². The summed E-state index contributed by atoms with van der Waals surface area (Å²) in [5.74, 6) is -1.69. The number of hydrogen-bond acceptors (Lipinski definition) is 7. The molecule has 2 aromatic carbocycles. The normalized spacial score (nSPS) is 14.1. The lowest BCUT2D eigenvalue weighted by Gasteiger charge is -2.32. The monoisotopic (exact) mass is 760 g/mol. The Balaban J connectivity index is 1.90. The molecule has 11 nitrogen and oxygen atoms in total. The number of allylic oxidation sites excluding steroid dienone is 1. The molecule has 0 fully saturated rings. The van der Waals surface area contributed by atoms with E-state index < -0.39 is 41.0 Å². The second-order valence-corrected chi connectivity index (χ2v) is 15.9. The fraction of sp³-hybridized carbons (Fsp3) is 0.429. The third kappa shape index (κ3) is 13.3. The number of nitrogens with one attached hydrogen (secondary N) is 5. The summed E-state index contributed by atoms with van der Waals surface area (Å²) in [6.45, 7) is 17.6. The molecule has 0 radical (unpaired) electrons. The van der Waals surface area contributed by atoms with Gasteiger partial charge in [-0.15, -0.1) is 24.5 Å². The summed E-state index contributed by atoms with van der Waals surface area (Å²) in [5, 5.41) is 23.1. The molecule has 4 atom stereocenters. The minimum atomic E-state index is -1.89. The van der Waals surface area contributed by atoms with Crippen molar-refractivity contribution in [1.82, 2.24) is 21.4 Å². The topological polar surface area (TPSA) is 150 Å². The predicted molar refractivity (Wildman–Crippen MR) is 214 cm³/mol. The molecule has 0 spiro atoms. The number of alkyl carbamates (subject to hydrolysis) is 1. The van der Waals surface area contributed by atoms with Gasteiger partial charge in [-0.3, -0.25) is 14.4 Å². The van der Waals surface area contributed by atoms with Crippen molar-refractivity contribution in [3.8, 4) is 10.4 Å². The number of ether oxygens (including phenoxy) is 1. The number of benzene rings is 2. The molecule has 292 valence electrons. The van der Waals surface area contributed by atoms with Crippen molar-refractivity contribution < 1.29 is 34.0 Å². The van der Waals surface area contributed by atoms with E-state index >= 15 is 0 Å². The van der Waals surface area contributed by atoms with E-state index in [4.69, 9.17) is 4.74 Å². The summed E-state index contributed by atoms with van der Waals surface area (Å²) in [7, 11) is 1.24. The van der Waals surface area contributed by atoms with Crippen LogP contribution < -0.4 is 26.4 Å². The van der Waals surface area contributed by atoms with Crippen LogP contribution in [0.2, 0.25) is 0 Å². The molecular weight excluding hydrogens is 703 g/mol. The molecule has 0 aliphatic heterocycles. The molecule has 0 aliphatic carbocycles. The SMILES string of the molecule is C=CCNC(=O)[C@@H](NC(=O)[C@@](O)(CCC[NH+](Cc1ccc(-c2cccs2)cc1)NC(=O)[C@@H](NC(=O)OC)C(C)(C)C)Cc1ccc(CC=C)cc1)C(C)C. The third-order valence-corrected chi connectivity index (χ3v) is 10.0. The van der Waals surface area contributed by atoms with Crippen LogP contribution in [0.5, 0.6) is 0 Å². The first-order chi connectivity index (χ1) is 25.6. The number of carbonyl (C=O) groups excluding carboxylic acids is 4. The molecule has 0 saturated heterocycles. The first-order valence-corrected chi connectivity index (χ1v) is 19.2. The highest BCUT2D eigenvalue weighted by Gasteiger charge is 2.40. The molecule has 54 heavy (non-hydrogen) atoms. The highest BCUT2D eigenvalue weighted by Crippen LogP contribution is 2.25. The molecule has 3 aromatic rings. The summed E-state index contributed by atoms with van der Waals surface area (Å²) in [4.78, 5) is 54.2. The molecule has 3 rings (SSSR count). The number of thiophene rings is 1. The smallest absolute Gasteiger partial charge is 0.407 e. The number of carbonyl (C=O) groups is 4. The minimum absolute atomic E-state index is 0.00726. The van der Waals surface area contributed by atoms with Crippen molar-refractivity contribution in [3.05, 3.63) is 108 Å². The van der Waals surface area contributed by atoms with E-state index in [0.29, 0.717) is 30.9 Å². The molecule has 6 N–H and O–H groups in total. The molecular formula is C42H58N5O6S+. The van der Waals surface area contributed by atoms with Gasteiger partial charge in [0.2, 0.25) is 5.91 Å². The second kappa shape index (κ2) is 20.6. The van der Waals surface area contributed by atoms with Gasteiger partial charge in [0.25, 0.3) is 11.8 Å². The van der Waals surface area contributed by atoms with E-state index in [-0.39, 0.29) is 31.2 Å². The minimum Gasteiger partial charge on any atom is -0.453 e. The maximum atomic E-state index is 14.0. The molecule has 1 aromatic heterocycles. The largest absolute Gasteiger partial charge is 0.453 e. The lowest BCUT2D eigenvalue weighted by atomic mass is 9.86. The number of aliphatic hydroxyl groups is 1. The van der Waals surface area contributed by atoms with Gasteiger partial charge in [-0.25, -0.2) is 15.2 Å². The third-order valence-electron chi connectivity index (χ3n) is 9.10. The van der Waals surface area contributed by atoms with Crippen LogP contribution in [0.1, 0.15) is 64.2 Å². The van der Waals surface area contributed by atoms with Crippen LogP contribution >= 0.6 is 11.3 Å². The second-order valence-electron chi connectivity index (χ2n) is 15.0.